The van der Waals surface area contributed by atoms with Gasteiger partial charge < -0.3 is 9.47 Å². The third-order valence-electron chi connectivity index (χ3n) is 2.66. The Kier molecular flexibility index (Phi) is 2.73. The molecule has 1 unspecified atom stereocenters. The van der Waals surface area contributed by atoms with Gasteiger partial charge in [-0.1, -0.05) is 11.6 Å². The second-order valence-corrected chi connectivity index (χ2v) is 3.75. The summed E-state index contributed by atoms with van der Waals surface area (Å²) in [6, 6.07) is 6.25. The van der Waals surface area contributed by atoms with Crippen LogP contribution in [0.25, 0.3) is 0 Å². The molecule has 2 heteroatoms. The molecule has 1 aliphatic rings. The number of hydrogen-bond acceptors (Lipinski definition) is 2. The molecule has 1 fully saturated rings. The van der Waals surface area contributed by atoms with Crippen molar-refractivity contribution in [3.8, 4) is 5.75 Å². The van der Waals surface area contributed by atoms with Gasteiger partial charge in [-0.3, -0.25) is 0 Å². The molecular weight excluding hydrogens is 176 g/mol. The molecule has 0 amide bonds. The minimum atomic E-state index is 0.241. The van der Waals surface area contributed by atoms with Crippen molar-refractivity contribution in [2.75, 3.05) is 13.7 Å². The first-order chi connectivity index (χ1) is 6.81. The highest BCUT2D eigenvalue weighted by Crippen LogP contribution is 2.34. The van der Waals surface area contributed by atoms with E-state index in [0.717, 1.165) is 25.2 Å². The maximum absolute atomic E-state index is 5.66. The van der Waals surface area contributed by atoms with Gasteiger partial charge in [-0.2, -0.15) is 0 Å². The van der Waals surface area contributed by atoms with E-state index in [1.54, 1.807) is 7.11 Å². The van der Waals surface area contributed by atoms with E-state index in [1.165, 1.54) is 11.1 Å². The highest BCUT2D eigenvalue weighted by molar-refractivity contribution is 5.38. The van der Waals surface area contributed by atoms with E-state index < -0.39 is 0 Å². The molecule has 1 aromatic rings. The van der Waals surface area contributed by atoms with Gasteiger partial charge in [0.25, 0.3) is 0 Å². The van der Waals surface area contributed by atoms with E-state index in [4.69, 9.17) is 9.47 Å². The second kappa shape index (κ2) is 4.01. The van der Waals surface area contributed by atoms with Crippen LogP contribution in [0.2, 0.25) is 0 Å². The predicted octanol–water partition coefficient (Wildman–Crippen LogP) is 2.86. The fourth-order valence-electron chi connectivity index (χ4n) is 1.93. The summed E-state index contributed by atoms with van der Waals surface area (Å²) in [4.78, 5) is 0. The summed E-state index contributed by atoms with van der Waals surface area (Å²) in [7, 11) is 1.71. The average molecular weight is 192 g/mol. The summed E-state index contributed by atoms with van der Waals surface area (Å²) in [6.07, 6.45) is 2.51. The van der Waals surface area contributed by atoms with Gasteiger partial charge in [0.2, 0.25) is 0 Å². The zero-order valence-corrected chi connectivity index (χ0v) is 8.75. The summed E-state index contributed by atoms with van der Waals surface area (Å²) in [5, 5.41) is 0. The molecule has 14 heavy (non-hydrogen) atoms. The number of ether oxygens (including phenoxy) is 2. The molecule has 0 aromatic heterocycles. The summed E-state index contributed by atoms with van der Waals surface area (Å²) >= 11 is 0. The molecule has 76 valence electrons. The molecule has 2 rings (SSSR count). The van der Waals surface area contributed by atoms with Gasteiger partial charge in [0.1, 0.15) is 5.75 Å². The molecule has 1 saturated heterocycles. The predicted molar refractivity (Wildman–Crippen MR) is 55.7 cm³/mol. The first-order valence-electron chi connectivity index (χ1n) is 5.07. The fraction of sp³-hybridized carbons (Fsp3) is 0.500. The Labute approximate surface area is 84.8 Å². The van der Waals surface area contributed by atoms with Gasteiger partial charge in [-0.15, -0.1) is 0 Å². The quantitative estimate of drug-likeness (QED) is 0.717. The van der Waals surface area contributed by atoms with Crippen LogP contribution in [0.3, 0.4) is 0 Å². The molecule has 1 heterocycles. The van der Waals surface area contributed by atoms with Crippen molar-refractivity contribution in [2.24, 2.45) is 0 Å². The molecule has 2 nitrogen and oxygen atoms in total. The smallest absolute Gasteiger partial charge is 0.124 e. The van der Waals surface area contributed by atoms with Gasteiger partial charge in [0, 0.05) is 12.2 Å². The second-order valence-electron chi connectivity index (χ2n) is 3.75. The van der Waals surface area contributed by atoms with Crippen molar-refractivity contribution in [3.05, 3.63) is 29.3 Å². The van der Waals surface area contributed by atoms with Crippen molar-refractivity contribution in [2.45, 2.75) is 25.9 Å². The molecule has 1 atom stereocenters. The van der Waals surface area contributed by atoms with E-state index in [-0.39, 0.29) is 6.10 Å². The van der Waals surface area contributed by atoms with Crippen molar-refractivity contribution >= 4 is 0 Å². The van der Waals surface area contributed by atoms with Crippen molar-refractivity contribution < 1.29 is 9.47 Å². The van der Waals surface area contributed by atoms with Crippen LogP contribution in [-0.4, -0.2) is 13.7 Å². The maximum Gasteiger partial charge on any atom is 0.124 e. The Bertz CT molecular complexity index is 314. The Morgan fingerprint density at radius 3 is 2.93 bits per heavy atom. The van der Waals surface area contributed by atoms with Crippen LogP contribution >= 0.6 is 0 Å². The number of methoxy groups -OCH3 is 1. The normalized spacial score (nSPS) is 21.1. The Morgan fingerprint density at radius 2 is 2.29 bits per heavy atom. The lowest BCUT2D eigenvalue weighted by Gasteiger charge is -2.14. The third-order valence-corrected chi connectivity index (χ3v) is 2.66. The highest BCUT2D eigenvalue weighted by Gasteiger charge is 2.20. The van der Waals surface area contributed by atoms with Crippen LogP contribution in [0, 0.1) is 6.92 Å². The standard InChI is InChI=1S/C12H16O2/c1-9-5-6-11(13-2)10(8-9)12-4-3-7-14-12/h5-6,8,12H,3-4,7H2,1-2H3. The Balaban J connectivity index is 2.33. The van der Waals surface area contributed by atoms with Crippen LogP contribution in [0.5, 0.6) is 5.75 Å². The summed E-state index contributed by atoms with van der Waals surface area (Å²) in [6.45, 7) is 2.97. The SMILES string of the molecule is COc1ccc(C)cc1C1CCCO1. The number of benzene rings is 1. The highest BCUT2D eigenvalue weighted by atomic mass is 16.5. The van der Waals surface area contributed by atoms with E-state index in [2.05, 4.69) is 19.1 Å². The lowest BCUT2D eigenvalue weighted by Crippen LogP contribution is -1.99. The largest absolute Gasteiger partial charge is 0.496 e. The average Bonchev–Trinajstić information content (AvgIpc) is 2.70. The third kappa shape index (κ3) is 1.75. The van der Waals surface area contributed by atoms with Crippen LogP contribution < -0.4 is 4.74 Å². The van der Waals surface area contributed by atoms with Crippen molar-refractivity contribution in [3.63, 3.8) is 0 Å². The molecule has 0 radical (unpaired) electrons. The van der Waals surface area contributed by atoms with Crippen molar-refractivity contribution in [1.29, 1.82) is 0 Å². The minimum absolute atomic E-state index is 0.241. The summed E-state index contributed by atoms with van der Waals surface area (Å²) in [5.41, 5.74) is 2.46. The zero-order chi connectivity index (χ0) is 9.97. The van der Waals surface area contributed by atoms with Crippen LogP contribution in [0.4, 0.5) is 0 Å². The monoisotopic (exact) mass is 192 g/mol. The fourth-order valence-corrected chi connectivity index (χ4v) is 1.93. The lowest BCUT2D eigenvalue weighted by atomic mass is 10.0. The van der Waals surface area contributed by atoms with E-state index >= 15 is 0 Å². The molecular formula is C12H16O2. The minimum Gasteiger partial charge on any atom is -0.496 e. The number of hydrogen-bond donors (Lipinski definition) is 0. The molecule has 0 bridgehead atoms. The first kappa shape index (κ1) is 9.53. The molecule has 1 aliphatic heterocycles. The summed E-state index contributed by atoms with van der Waals surface area (Å²) < 4.78 is 11.0. The molecule has 0 N–H and O–H groups in total. The maximum atomic E-state index is 5.66. The Morgan fingerprint density at radius 1 is 1.43 bits per heavy atom. The number of aryl methyl sites for hydroxylation is 1. The number of rotatable bonds is 2. The van der Waals surface area contributed by atoms with Crippen LogP contribution in [0.15, 0.2) is 18.2 Å². The van der Waals surface area contributed by atoms with Gasteiger partial charge in [0.05, 0.1) is 13.2 Å². The van der Waals surface area contributed by atoms with Gasteiger partial charge in [-0.05, 0) is 31.9 Å². The molecule has 0 saturated carbocycles. The lowest BCUT2D eigenvalue weighted by molar-refractivity contribution is 0.109. The van der Waals surface area contributed by atoms with E-state index in [1.807, 2.05) is 6.07 Å². The van der Waals surface area contributed by atoms with E-state index in [9.17, 15) is 0 Å². The van der Waals surface area contributed by atoms with Gasteiger partial charge >= 0.3 is 0 Å². The molecule has 1 aromatic carbocycles. The van der Waals surface area contributed by atoms with Crippen LogP contribution in [-0.2, 0) is 4.74 Å². The topological polar surface area (TPSA) is 18.5 Å². The Hall–Kier alpha value is -1.02. The zero-order valence-electron chi connectivity index (χ0n) is 8.75. The summed E-state index contributed by atoms with van der Waals surface area (Å²) in [5.74, 6) is 0.947. The van der Waals surface area contributed by atoms with Gasteiger partial charge in [-0.25, -0.2) is 0 Å². The molecule has 0 aliphatic carbocycles. The van der Waals surface area contributed by atoms with E-state index in [0.29, 0.717) is 0 Å². The first-order valence-corrected chi connectivity index (χ1v) is 5.07. The van der Waals surface area contributed by atoms with Gasteiger partial charge in [0.15, 0.2) is 0 Å². The molecule has 0 spiro atoms. The van der Waals surface area contributed by atoms with Crippen molar-refractivity contribution in [1.82, 2.24) is 0 Å². The van der Waals surface area contributed by atoms with Crippen LogP contribution in [0.1, 0.15) is 30.1 Å².